The van der Waals surface area contributed by atoms with Crippen molar-refractivity contribution in [1.29, 1.82) is 0 Å². The van der Waals surface area contributed by atoms with Crippen LogP contribution in [-0.4, -0.2) is 7.05 Å². The monoisotopic (exact) mass is 391 g/mol. The molecule has 4 unspecified atom stereocenters. The van der Waals surface area contributed by atoms with Crippen molar-refractivity contribution in [3.63, 3.8) is 0 Å². The van der Waals surface area contributed by atoms with Gasteiger partial charge in [-0.05, 0) is 77.9 Å². The Morgan fingerprint density at radius 2 is 2.00 bits per heavy atom. The predicted molar refractivity (Wildman–Crippen MR) is 91.6 cm³/mol. The van der Waals surface area contributed by atoms with Crippen molar-refractivity contribution in [2.24, 2.45) is 17.8 Å². The zero-order valence-corrected chi connectivity index (χ0v) is 14.8. The first-order valence-electron chi connectivity index (χ1n) is 7.15. The maximum atomic E-state index is 6.27. The molecule has 0 bridgehead atoms. The van der Waals surface area contributed by atoms with Crippen LogP contribution in [0, 0.1) is 21.3 Å². The van der Waals surface area contributed by atoms with Crippen LogP contribution in [0.25, 0.3) is 0 Å². The maximum Gasteiger partial charge on any atom is 0.0542 e. The molecule has 0 aliphatic heterocycles. The summed E-state index contributed by atoms with van der Waals surface area (Å²) in [6.07, 6.45) is 3.99. The summed E-state index contributed by atoms with van der Waals surface area (Å²) in [7, 11) is 2.07. The SMILES string of the molecule is CNC(c1ccc(I)c(Cl)c1)C1CCC(C)C(C)C1. The first-order valence-corrected chi connectivity index (χ1v) is 8.60. The molecule has 0 heterocycles. The van der Waals surface area contributed by atoms with Crippen LogP contribution in [0.3, 0.4) is 0 Å². The Kier molecular flexibility index (Phi) is 5.55. The summed E-state index contributed by atoms with van der Waals surface area (Å²) in [6.45, 7) is 4.78. The number of hydrogen-bond donors (Lipinski definition) is 1. The van der Waals surface area contributed by atoms with Gasteiger partial charge < -0.3 is 5.32 Å². The van der Waals surface area contributed by atoms with Gasteiger partial charge in [-0.25, -0.2) is 0 Å². The van der Waals surface area contributed by atoms with Crippen molar-refractivity contribution in [3.05, 3.63) is 32.4 Å². The van der Waals surface area contributed by atoms with Crippen molar-refractivity contribution in [2.75, 3.05) is 7.05 Å². The highest BCUT2D eigenvalue weighted by Crippen LogP contribution is 2.40. The molecule has 2 rings (SSSR count). The van der Waals surface area contributed by atoms with E-state index in [1.54, 1.807) is 0 Å². The van der Waals surface area contributed by atoms with E-state index in [4.69, 9.17) is 11.6 Å². The summed E-state index contributed by atoms with van der Waals surface area (Å²) in [5.74, 6) is 2.43. The molecule has 3 heteroatoms. The van der Waals surface area contributed by atoms with Gasteiger partial charge in [0.25, 0.3) is 0 Å². The lowest BCUT2D eigenvalue weighted by Gasteiger charge is -2.37. The minimum Gasteiger partial charge on any atom is -0.313 e. The van der Waals surface area contributed by atoms with E-state index in [0.29, 0.717) is 6.04 Å². The molecule has 4 atom stereocenters. The third kappa shape index (κ3) is 3.64. The minimum absolute atomic E-state index is 0.435. The van der Waals surface area contributed by atoms with Crippen LogP contribution in [0.4, 0.5) is 0 Å². The molecule has 0 amide bonds. The number of benzene rings is 1. The van der Waals surface area contributed by atoms with E-state index in [1.807, 2.05) is 0 Å². The second kappa shape index (κ2) is 6.77. The quantitative estimate of drug-likeness (QED) is 0.691. The highest BCUT2D eigenvalue weighted by Gasteiger charge is 2.30. The van der Waals surface area contributed by atoms with Crippen molar-refractivity contribution >= 4 is 34.2 Å². The lowest BCUT2D eigenvalue weighted by Crippen LogP contribution is -2.31. The summed E-state index contributed by atoms with van der Waals surface area (Å²) in [4.78, 5) is 0. The Bertz CT molecular complexity index is 435. The maximum absolute atomic E-state index is 6.27. The fraction of sp³-hybridized carbons (Fsp3) is 0.625. The van der Waals surface area contributed by atoms with Gasteiger partial charge in [-0.15, -0.1) is 0 Å². The van der Waals surface area contributed by atoms with E-state index in [0.717, 1.165) is 26.3 Å². The van der Waals surface area contributed by atoms with E-state index in [9.17, 15) is 0 Å². The van der Waals surface area contributed by atoms with Gasteiger partial charge in [0, 0.05) is 9.61 Å². The lowest BCUT2D eigenvalue weighted by atomic mass is 9.72. The molecule has 1 aromatic rings. The summed E-state index contributed by atoms with van der Waals surface area (Å²) < 4.78 is 1.13. The predicted octanol–water partition coefficient (Wildman–Crippen LogP) is 5.28. The second-order valence-corrected chi connectivity index (χ2v) is 7.54. The molecule has 106 valence electrons. The summed E-state index contributed by atoms with van der Waals surface area (Å²) in [6, 6.07) is 6.91. The third-order valence-electron chi connectivity index (χ3n) is 4.72. The van der Waals surface area contributed by atoms with E-state index < -0.39 is 0 Å². The Morgan fingerprint density at radius 3 is 2.58 bits per heavy atom. The molecular weight excluding hydrogens is 369 g/mol. The second-order valence-electron chi connectivity index (χ2n) is 5.97. The molecule has 1 aliphatic rings. The van der Waals surface area contributed by atoms with Crippen LogP contribution in [0.2, 0.25) is 5.02 Å². The fourth-order valence-corrected chi connectivity index (χ4v) is 3.80. The molecule has 1 aromatic carbocycles. The Hall–Kier alpha value is 0.200. The molecule has 1 saturated carbocycles. The summed E-state index contributed by atoms with van der Waals surface area (Å²) >= 11 is 8.55. The first-order chi connectivity index (χ1) is 9.02. The fourth-order valence-electron chi connectivity index (χ4n) is 3.27. The van der Waals surface area contributed by atoms with Gasteiger partial charge in [-0.1, -0.05) is 37.9 Å². The molecule has 0 saturated heterocycles. The van der Waals surface area contributed by atoms with E-state index in [1.165, 1.54) is 24.8 Å². The third-order valence-corrected chi connectivity index (χ3v) is 6.30. The van der Waals surface area contributed by atoms with E-state index in [-0.39, 0.29) is 0 Å². The molecule has 1 fully saturated rings. The topological polar surface area (TPSA) is 12.0 Å². The largest absolute Gasteiger partial charge is 0.313 e. The van der Waals surface area contributed by atoms with Crippen molar-refractivity contribution in [1.82, 2.24) is 5.32 Å². The Labute approximate surface area is 135 Å². The van der Waals surface area contributed by atoms with Crippen LogP contribution in [0.5, 0.6) is 0 Å². The summed E-state index contributed by atoms with van der Waals surface area (Å²) in [5, 5.41) is 4.38. The average molecular weight is 392 g/mol. The molecule has 0 spiro atoms. The van der Waals surface area contributed by atoms with Crippen LogP contribution in [0.15, 0.2) is 18.2 Å². The van der Waals surface area contributed by atoms with Gasteiger partial charge in [0.1, 0.15) is 0 Å². The van der Waals surface area contributed by atoms with Gasteiger partial charge in [-0.2, -0.15) is 0 Å². The average Bonchev–Trinajstić information content (AvgIpc) is 2.39. The minimum atomic E-state index is 0.435. The van der Waals surface area contributed by atoms with Crippen LogP contribution in [-0.2, 0) is 0 Å². The van der Waals surface area contributed by atoms with Crippen molar-refractivity contribution < 1.29 is 0 Å². The van der Waals surface area contributed by atoms with Crippen LogP contribution in [0.1, 0.15) is 44.7 Å². The molecule has 1 aliphatic carbocycles. The number of nitrogens with one attached hydrogen (secondary N) is 1. The first kappa shape index (κ1) is 15.6. The molecule has 1 N–H and O–H groups in total. The molecule has 1 nitrogen and oxygen atoms in total. The molecule has 0 aromatic heterocycles. The number of rotatable bonds is 3. The highest BCUT2D eigenvalue weighted by atomic mass is 127. The molecule has 19 heavy (non-hydrogen) atoms. The summed E-state index contributed by atoms with van der Waals surface area (Å²) in [5.41, 5.74) is 1.33. The van der Waals surface area contributed by atoms with Crippen LogP contribution >= 0.6 is 34.2 Å². The van der Waals surface area contributed by atoms with Crippen molar-refractivity contribution in [2.45, 2.75) is 39.2 Å². The smallest absolute Gasteiger partial charge is 0.0542 e. The van der Waals surface area contributed by atoms with Gasteiger partial charge >= 0.3 is 0 Å². The molecule has 0 radical (unpaired) electrons. The van der Waals surface area contributed by atoms with Gasteiger partial charge in [-0.3, -0.25) is 0 Å². The zero-order chi connectivity index (χ0) is 14.0. The normalized spacial score (nSPS) is 29.2. The van der Waals surface area contributed by atoms with Crippen LogP contribution < -0.4 is 5.32 Å². The van der Waals surface area contributed by atoms with Crippen molar-refractivity contribution in [3.8, 4) is 0 Å². The molecular formula is C16H23ClIN. The number of hydrogen-bond acceptors (Lipinski definition) is 1. The van der Waals surface area contributed by atoms with Gasteiger partial charge in [0.15, 0.2) is 0 Å². The van der Waals surface area contributed by atoms with E-state index in [2.05, 4.69) is 67.0 Å². The Balaban J connectivity index is 2.17. The van der Waals surface area contributed by atoms with Gasteiger partial charge in [0.05, 0.1) is 5.02 Å². The Morgan fingerprint density at radius 1 is 1.26 bits per heavy atom. The standard InChI is InChI=1S/C16H23ClIN/c1-10-4-5-12(8-11(10)2)16(19-3)13-6-7-15(18)14(17)9-13/h6-7,9-12,16,19H,4-5,8H2,1-3H3. The highest BCUT2D eigenvalue weighted by molar-refractivity contribution is 14.1. The number of halogens is 2. The lowest BCUT2D eigenvalue weighted by molar-refractivity contribution is 0.175. The van der Waals surface area contributed by atoms with E-state index >= 15 is 0 Å². The zero-order valence-electron chi connectivity index (χ0n) is 11.9. The van der Waals surface area contributed by atoms with Gasteiger partial charge in [0.2, 0.25) is 0 Å².